The van der Waals surface area contributed by atoms with E-state index < -0.39 is 6.03 Å². The summed E-state index contributed by atoms with van der Waals surface area (Å²) in [6.45, 7) is 6.08. The number of urea groups is 1. The summed E-state index contributed by atoms with van der Waals surface area (Å²) in [6, 6.07) is 5.70. The summed E-state index contributed by atoms with van der Waals surface area (Å²) in [6.07, 6.45) is 0. The third-order valence-corrected chi connectivity index (χ3v) is 2.82. The van der Waals surface area contributed by atoms with Gasteiger partial charge < -0.3 is 4.90 Å². The van der Waals surface area contributed by atoms with Crippen molar-refractivity contribution in [3.8, 4) is 0 Å². The summed E-state index contributed by atoms with van der Waals surface area (Å²) in [5.41, 5.74) is 0.863. The Balaban J connectivity index is 3.00. The highest BCUT2D eigenvalue weighted by Gasteiger charge is 2.21. The Bertz CT molecular complexity index is 467. The van der Waals surface area contributed by atoms with E-state index in [9.17, 15) is 14.5 Å². The molecule has 0 fully saturated rings. The van der Waals surface area contributed by atoms with Crippen LogP contribution in [0.5, 0.6) is 0 Å². The summed E-state index contributed by atoms with van der Waals surface area (Å²) in [5, 5.41) is 3.55. The van der Waals surface area contributed by atoms with Gasteiger partial charge in [0.2, 0.25) is 0 Å². The van der Waals surface area contributed by atoms with Gasteiger partial charge in [-0.15, -0.1) is 9.92 Å². The zero-order valence-corrected chi connectivity index (χ0v) is 11.3. The van der Waals surface area contributed by atoms with Crippen LogP contribution in [0, 0.1) is 4.91 Å². The summed E-state index contributed by atoms with van der Waals surface area (Å²) in [4.78, 5) is 35.6. The molecule has 0 aliphatic heterocycles. The summed E-state index contributed by atoms with van der Waals surface area (Å²) < 4.78 is 0. The van der Waals surface area contributed by atoms with Gasteiger partial charge in [-0.3, -0.25) is 4.79 Å². The van der Waals surface area contributed by atoms with Crippen LogP contribution >= 0.6 is 0 Å². The van der Waals surface area contributed by atoms with Gasteiger partial charge in [-0.2, -0.15) is 0 Å². The zero-order chi connectivity index (χ0) is 14.4. The molecule has 19 heavy (non-hydrogen) atoms. The number of rotatable bonds is 5. The Morgan fingerprint density at radius 2 is 1.63 bits per heavy atom. The molecular weight excluding hydrogens is 246 g/mol. The molecule has 0 saturated heterocycles. The molecule has 102 valence electrons. The maximum atomic E-state index is 12.0. The maximum absolute atomic E-state index is 12.0. The fourth-order valence-corrected chi connectivity index (χ4v) is 1.66. The molecule has 6 nitrogen and oxygen atoms in total. The first-order valence-corrected chi connectivity index (χ1v) is 6.08. The van der Waals surface area contributed by atoms with E-state index in [1.165, 1.54) is 24.0 Å². The van der Waals surface area contributed by atoms with Crippen LogP contribution in [0.1, 0.15) is 31.1 Å². The van der Waals surface area contributed by atoms with Crippen LogP contribution in [0.2, 0.25) is 0 Å². The van der Waals surface area contributed by atoms with E-state index in [1.54, 1.807) is 12.1 Å². The molecule has 0 aliphatic rings. The van der Waals surface area contributed by atoms with E-state index in [1.807, 2.05) is 13.8 Å². The van der Waals surface area contributed by atoms with Crippen LogP contribution in [0.15, 0.2) is 29.6 Å². The normalized spacial score (nSPS) is 9.84. The number of nitroso groups, excluding NO2 is 1. The fourth-order valence-electron chi connectivity index (χ4n) is 1.66. The molecule has 0 radical (unpaired) electrons. The van der Waals surface area contributed by atoms with Crippen molar-refractivity contribution in [2.75, 3.05) is 18.1 Å². The number of amides is 2. The first-order chi connectivity index (χ1) is 9.04. The predicted octanol–water partition coefficient (Wildman–Crippen LogP) is 2.84. The van der Waals surface area contributed by atoms with E-state index in [0.717, 1.165) is 5.01 Å². The minimum Gasteiger partial charge on any atom is -0.323 e. The number of carbonyl (C=O) groups excluding carboxylic acids is 2. The van der Waals surface area contributed by atoms with Crippen molar-refractivity contribution in [2.45, 2.75) is 20.8 Å². The van der Waals surface area contributed by atoms with Crippen molar-refractivity contribution in [2.24, 2.45) is 5.29 Å². The van der Waals surface area contributed by atoms with Gasteiger partial charge in [0, 0.05) is 18.7 Å². The lowest BCUT2D eigenvalue weighted by atomic mass is 10.1. The quantitative estimate of drug-likeness (QED) is 0.466. The Morgan fingerprint density at radius 3 is 2.00 bits per heavy atom. The largest absolute Gasteiger partial charge is 0.347 e. The van der Waals surface area contributed by atoms with E-state index in [4.69, 9.17) is 0 Å². The lowest BCUT2D eigenvalue weighted by Crippen LogP contribution is -2.40. The van der Waals surface area contributed by atoms with Crippen molar-refractivity contribution in [3.05, 3.63) is 34.7 Å². The third kappa shape index (κ3) is 3.37. The van der Waals surface area contributed by atoms with Crippen LogP contribution in [-0.2, 0) is 0 Å². The van der Waals surface area contributed by atoms with Crippen LogP contribution in [-0.4, -0.2) is 29.8 Å². The highest BCUT2D eigenvalue weighted by molar-refractivity contribution is 5.95. The van der Waals surface area contributed by atoms with E-state index in [-0.39, 0.29) is 5.78 Å². The molecule has 0 spiro atoms. The number of hydrogen-bond donors (Lipinski definition) is 0. The van der Waals surface area contributed by atoms with Crippen molar-refractivity contribution >= 4 is 17.5 Å². The smallest absolute Gasteiger partial charge is 0.323 e. The average molecular weight is 263 g/mol. The Labute approximate surface area is 111 Å². The summed E-state index contributed by atoms with van der Waals surface area (Å²) in [7, 11) is 0. The van der Waals surface area contributed by atoms with Crippen molar-refractivity contribution < 1.29 is 9.59 Å². The monoisotopic (exact) mass is 263 g/mol. The summed E-state index contributed by atoms with van der Waals surface area (Å²) >= 11 is 0. The first-order valence-electron chi connectivity index (χ1n) is 6.08. The number of Topliss-reactive ketones (excluding diaryl/α,β-unsaturated/α-hetero) is 1. The average Bonchev–Trinajstić information content (AvgIpc) is 2.41. The van der Waals surface area contributed by atoms with Gasteiger partial charge in [0.05, 0.1) is 11.0 Å². The van der Waals surface area contributed by atoms with Crippen LogP contribution in [0.4, 0.5) is 10.5 Å². The van der Waals surface area contributed by atoms with Crippen molar-refractivity contribution in [3.63, 3.8) is 0 Å². The SMILES string of the molecule is CCN(CC)C(=O)N(N=O)c1ccc(C(C)=O)cc1. The number of ketones is 1. The first kappa shape index (κ1) is 14.8. The van der Waals surface area contributed by atoms with Gasteiger partial charge in [0.1, 0.15) is 0 Å². The van der Waals surface area contributed by atoms with Gasteiger partial charge in [-0.05, 0) is 45.0 Å². The topological polar surface area (TPSA) is 70.1 Å². The lowest BCUT2D eigenvalue weighted by molar-refractivity contribution is 0.101. The molecule has 6 heteroatoms. The van der Waals surface area contributed by atoms with Gasteiger partial charge in [-0.1, -0.05) is 0 Å². The minimum absolute atomic E-state index is 0.0766. The Morgan fingerprint density at radius 1 is 1.11 bits per heavy atom. The predicted molar refractivity (Wildman–Crippen MR) is 73.0 cm³/mol. The van der Waals surface area contributed by atoms with Crippen molar-refractivity contribution in [1.29, 1.82) is 0 Å². The molecule has 0 atom stereocenters. The molecule has 1 rings (SSSR count). The van der Waals surface area contributed by atoms with Crippen LogP contribution in [0.25, 0.3) is 0 Å². The molecule has 0 heterocycles. The highest BCUT2D eigenvalue weighted by atomic mass is 16.3. The maximum Gasteiger partial charge on any atom is 0.347 e. The van der Waals surface area contributed by atoms with Gasteiger partial charge in [0.25, 0.3) is 0 Å². The third-order valence-electron chi connectivity index (χ3n) is 2.82. The van der Waals surface area contributed by atoms with Gasteiger partial charge >= 0.3 is 6.03 Å². The molecule has 2 amide bonds. The number of hydrogen-bond acceptors (Lipinski definition) is 4. The second-order valence-electron chi connectivity index (χ2n) is 3.95. The van der Waals surface area contributed by atoms with Gasteiger partial charge in [-0.25, -0.2) is 4.79 Å². The molecule has 1 aromatic carbocycles. The lowest BCUT2D eigenvalue weighted by Gasteiger charge is -2.23. The Hall–Kier alpha value is -2.24. The molecule has 1 aromatic rings. The highest BCUT2D eigenvalue weighted by Crippen LogP contribution is 2.18. The van der Waals surface area contributed by atoms with E-state index in [0.29, 0.717) is 24.3 Å². The molecule has 0 N–H and O–H groups in total. The Kier molecular flexibility index (Phi) is 5.17. The molecular formula is C13H17N3O3. The minimum atomic E-state index is -0.476. The number of carbonyl (C=O) groups is 2. The van der Waals surface area contributed by atoms with Gasteiger partial charge in [0.15, 0.2) is 5.78 Å². The molecule has 0 bridgehead atoms. The molecule has 0 saturated carbocycles. The fraction of sp³-hybridized carbons (Fsp3) is 0.385. The second-order valence-corrected chi connectivity index (χ2v) is 3.95. The van der Waals surface area contributed by atoms with Crippen LogP contribution in [0.3, 0.4) is 0 Å². The number of benzene rings is 1. The number of nitrogens with zero attached hydrogens (tertiary/aromatic N) is 3. The molecule has 0 aromatic heterocycles. The van der Waals surface area contributed by atoms with Crippen LogP contribution < -0.4 is 5.01 Å². The van der Waals surface area contributed by atoms with Crippen molar-refractivity contribution in [1.82, 2.24) is 4.90 Å². The van der Waals surface area contributed by atoms with E-state index >= 15 is 0 Å². The summed E-state index contributed by atoms with van der Waals surface area (Å²) in [5.74, 6) is -0.0766. The number of anilines is 1. The molecule has 0 unspecified atom stereocenters. The van der Waals surface area contributed by atoms with E-state index in [2.05, 4.69) is 5.29 Å². The standard InChI is InChI=1S/C13H17N3O3/c1-4-15(5-2)13(18)16(14-19)12-8-6-11(7-9-12)10(3)17/h6-9H,4-5H2,1-3H3. The second kappa shape index (κ2) is 6.63. The zero-order valence-electron chi connectivity index (χ0n) is 11.3. The molecule has 0 aliphatic carbocycles.